The predicted molar refractivity (Wildman–Crippen MR) is 33.6 cm³/mol. The van der Waals surface area contributed by atoms with Crippen LogP contribution in [0.5, 0.6) is 0 Å². The van der Waals surface area contributed by atoms with E-state index in [2.05, 4.69) is 5.32 Å². The van der Waals surface area contributed by atoms with Crippen LogP contribution in [0.25, 0.3) is 0 Å². The molecule has 0 aromatic carbocycles. The van der Waals surface area contributed by atoms with Crippen molar-refractivity contribution >= 4 is 0 Å². The van der Waals surface area contributed by atoms with Crippen LogP contribution in [-0.2, 0) is 0 Å². The molecule has 1 rings (SSSR count). The summed E-state index contributed by atoms with van der Waals surface area (Å²) in [7, 11) is 0. The van der Waals surface area contributed by atoms with E-state index in [9.17, 15) is 22.0 Å². The van der Waals surface area contributed by atoms with Gasteiger partial charge in [-0.15, -0.1) is 0 Å². The first-order chi connectivity index (χ1) is 5.84. The third kappa shape index (κ3) is 1.81. The molecule has 0 bridgehead atoms. The summed E-state index contributed by atoms with van der Waals surface area (Å²) in [6.07, 6.45) is -6.13. The lowest BCUT2D eigenvalue weighted by Crippen LogP contribution is -2.17. The molecule has 0 saturated heterocycles. The fourth-order valence-electron chi connectivity index (χ4n) is 0.964. The molecular weight excluding hydrogens is 193 g/mol. The van der Waals surface area contributed by atoms with Crippen LogP contribution in [-0.4, -0.2) is 12.6 Å². The van der Waals surface area contributed by atoms with Gasteiger partial charge in [0.25, 0.3) is 6.43 Å². The minimum atomic E-state index is -4.79. The van der Waals surface area contributed by atoms with Crippen LogP contribution in [0.3, 0.4) is 0 Å². The molecule has 0 aliphatic carbocycles. The van der Waals surface area contributed by atoms with Crippen LogP contribution < -0.4 is 5.32 Å². The number of hydrogen-bond acceptors (Lipinski definition) is 0. The number of hydrogen-bond donors (Lipinski definition) is 0. The molecule has 6 heteroatoms. The van der Waals surface area contributed by atoms with Gasteiger partial charge >= 0.3 is 6.18 Å². The zero-order chi connectivity index (χ0) is 10.2. The van der Waals surface area contributed by atoms with Gasteiger partial charge in [-0.2, -0.15) is 13.2 Å². The summed E-state index contributed by atoms with van der Waals surface area (Å²) in [6, 6.07) is 0. The van der Waals surface area contributed by atoms with E-state index in [1.54, 1.807) is 0 Å². The molecule has 0 amide bonds. The maximum Gasteiger partial charge on any atom is 0.418 e. The van der Waals surface area contributed by atoms with Gasteiger partial charge in [0.15, 0.2) is 0 Å². The number of rotatable bonds is 1. The highest BCUT2D eigenvalue weighted by atomic mass is 19.4. The zero-order valence-electron chi connectivity index (χ0n) is 6.41. The fourth-order valence-corrected chi connectivity index (χ4v) is 0.964. The van der Waals surface area contributed by atoms with E-state index in [0.717, 1.165) is 6.92 Å². The van der Waals surface area contributed by atoms with E-state index in [-0.39, 0.29) is 0 Å². The van der Waals surface area contributed by atoms with Crippen LogP contribution in [0.1, 0.15) is 6.92 Å². The first-order valence-corrected chi connectivity index (χ1v) is 3.24. The maximum absolute atomic E-state index is 12.1. The zero-order valence-corrected chi connectivity index (χ0v) is 6.41. The first-order valence-electron chi connectivity index (χ1n) is 3.24. The van der Waals surface area contributed by atoms with E-state index in [4.69, 9.17) is 0 Å². The quantitative estimate of drug-likeness (QED) is 0.573. The molecule has 0 aromatic heterocycles. The molecule has 0 N–H and O–H groups in total. The Morgan fingerprint density at radius 3 is 2.15 bits per heavy atom. The van der Waals surface area contributed by atoms with E-state index < -0.39 is 29.4 Å². The molecule has 13 heavy (non-hydrogen) atoms. The summed E-state index contributed by atoms with van der Waals surface area (Å²) in [4.78, 5) is 0. The van der Waals surface area contributed by atoms with Crippen molar-refractivity contribution < 1.29 is 22.0 Å². The molecule has 72 valence electrons. The smallest absolute Gasteiger partial charge is 0.244 e. The van der Waals surface area contributed by atoms with Gasteiger partial charge < -0.3 is 0 Å². The fraction of sp³-hybridized carbons (Fsp3) is 0.429. The third-order valence-corrected chi connectivity index (χ3v) is 1.47. The van der Waals surface area contributed by atoms with Crippen molar-refractivity contribution in [2.45, 2.75) is 19.5 Å². The highest BCUT2D eigenvalue weighted by molar-refractivity contribution is 5.41. The minimum Gasteiger partial charge on any atom is -0.244 e. The third-order valence-electron chi connectivity index (χ3n) is 1.47. The molecule has 2 radical (unpaired) electrons. The summed E-state index contributed by atoms with van der Waals surface area (Å²) in [5.74, 6) is 0. The van der Waals surface area contributed by atoms with Crippen LogP contribution >= 0.6 is 0 Å². The van der Waals surface area contributed by atoms with Crippen molar-refractivity contribution in [1.29, 1.82) is 0 Å². The van der Waals surface area contributed by atoms with Gasteiger partial charge in [0.2, 0.25) is 0 Å². The van der Waals surface area contributed by atoms with Crippen LogP contribution in [0, 0.1) is 6.20 Å². The minimum absolute atomic E-state index is 0.400. The van der Waals surface area contributed by atoms with Crippen LogP contribution in [0.15, 0.2) is 16.8 Å². The Balaban J connectivity index is 3.11. The SMILES string of the molecule is CC1=[C][N]C(C(F)F)=C1C(F)(F)F. The van der Waals surface area contributed by atoms with E-state index in [1.165, 1.54) is 0 Å². The summed E-state index contributed by atoms with van der Waals surface area (Å²) in [6.45, 7) is 1.04. The Morgan fingerprint density at radius 2 is 1.85 bits per heavy atom. The molecular formula is C7H4F5N. The van der Waals surface area contributed by atoms with Crippen molar-refractivity contribution in [2.24, 2.45) is 0 Å². The molecule has 1 aliphatic heterocycles. The first kappa shape index (κ1) is 10.0. The molecule has 1 nitrogen and oxygen atoms in total. The molecule has 0 spiro atoms. The standard InChI is InChI=1S/C7H4F5N/c1-3-2-13-5(6(8)9)4(3)7(10,11)12/h6H,1H3. The predicted octanol–water partition coefficient (Wildman–Crippen LogP) is 2.39. The van der Waals surface area contributed by atoms with Gasteiger partial charge in [-0.3, -0.25) is 0 Å². The molecule has 0 fully saturated rings. The van der Waals surface area contributed by atoms with Gasteiger partial charge in [-0.05, 0) is 12.5 Å². The van der Waals surface area contributed by atoms with Gasteiger partial charge in [-0.25, -0.2) is 14.1 Å². The van der Waals surface area contributed by atoms with Crippen LogP contribution in [0.4, 0.5) is 22.0 Å². The van der Waals surface area contributed by atoms with Gasteiger partial charge in [0, 0.05) is 0 Å². The van der Waals surface area contributed by atoms with E-state index >= 15 is 0 Å². The van der Waals surface area contributed by atoms with E-state index in [1.807, 2.05) is 6.20 Å². The Bertz CT molecular complexity index is 273. The van der Waals surface area contributed by atoms with E-state index in [0.29, 0.717) is 0 Å². The Morgan fingerprint density at radius 1 is 1.31 bits per heavy atom. The maximum atomic E-state index is 12.1. The highest BCUT2D eigenvalue weighted by Crippen LogP contribution is 2.37. The molecule has 0 unspecified atom stereocenters. The normalized spacial score (nSPS) is 17.9. The van der Waals surface area contributed by atoms with Crippen LogP contribution in [0.2, 0.25) is 0 Å². The van der Waals surface area contributed by atoms with Gasteiger partial charge in [-0.1, -0.05) is 0 Å². The van der Waals surface area contributed by atoms with Crippen molar-refractivity contribution in [2.75, 3.05) is 0 Å². The Labute approximate surface area is 70.9 Å². The van der Waals surface area contributed by atoms with Crippen molar-refractivity contribution in [1.82, 2.24) is 5.32 Å². The Hall–Kier alpha value is -1.07. The lowest BCUT2D eigenvalue weighted by atomic mass is 10.1. The second kappa shape index (κ2) is 3.01. The summed E-state index contributed by atoms with van der Waals surface area (Å²) >= 11 is 0. The second-order valence-corrected chi connectivity index (χ2v) is 2.41. The van der Waals surface area contributed by atoms with Gasteiger partial charge in [0.05, 0.1) is 11.8 Å². The number of alkyl halides is 5. The highest BCUT2D eigenvalue weighted by Gasteiger charge is 2.42. The average molecular weight is 197 g/mol. The van der Waals surface area contributed by atoms with Gasteiger partial charge in [0.1, 0.15) is 5.70 Å². The molecule has 1 heterocycles. The van der Waals surface area contributed by atoms with Crippen molar-refractivity contribution in [3.63, 3.8) is 0 Å². The number of halogens is 5. The number of nitrogens with zero attached hydrogens (tertiary/aromatic N) is 1. The molecule has 0 atom stereocenters. The second-order valence-electron chi connectivity index (χ2n) is 2.41. The van der Waals surface area contributed by atoms with Crippen molar-refractivity contribution in [3.8, 4) is 0 Å². The summed E-state index contributed by atoms with van der Waals surface area (Å²) < 4.78 is 60.3. The lowest BCUT2D eigenvalue weighted by Gasteiger charge is -2.10. The topological polar surface area (TPSA) is 14.1 Å². The molecule has 0 saturated carbocycles. The molecule has 0 aromatic rings. The van der Waals surface area contributed by atoms with Crippen molar-refractivity contribution in [3.05, 3.63) is 23.0 Å². The Kier molecular flexibility index (Phi) is 2.32. The number of allylic oxidation sites excluding steroid dienone is 3. The average Bonchev–Trinajstić information content (AvgIpc) is 2.28. The summed E-state index contributed by atoms with van der Waals surface area (Å²) in [5, 5.41) is 2.89. The largest absolute Gasteiger partial charge is 0.418 e. The lowest BCUT2D eigenvalue weighted by molar-refractivity contribution is -0.0911. The summed E-state index contributed by atoms with van der Waals surface area (Å²) in [5.41, 5.74) is -3.02. The molecule has 1 aliphatic rings. The monoisotopic (exact) mass is 197 g/mol.